The lowest BCUT2D eigenvalue weighted by atomic mass is 10.1. The first-order valence-electron chi connectivity index (χ1n) is 9.18. The zero-order chi connectivity index (χ0) is 23.4. The lowest BCUT2D eigenvalue weighted by Crippen LogP contribution is -2.08. The molecule has 0 spiro atoms. The molecule has 1 aromatic heterocycles. The number of carbonyl (C=O) groups is 1. The van der Waals surface area contributed by atoms with E-state index in [1.807, 2.05) is 0 Å². The number of halogens is 6. The Kier molecular flexibility index (Phi) is 7.29. The van der Waals surface area contributed by atoms with E-state index in [9.17, 15) is 26.7 Å². The quantitative estimate of drug-likeness (QED) is 0.214. The molecule has 0 bridgehead atoms. The number of allylic oxidation sites excluding steroid dienone is 1. The number of hydrogen-bond donors (Lipinski definition) is 0. The number of ketones is 1. The van der Waals surface area contributed by atoms with Gasteiger partial charge < -0.3 is 4.74 Å². The molecule has 0 N–H and O–H groups in total. The van der Waals surface area contributed by atoms with Crippen LogP contribution in [0.2, 0.25) is 5.02 Å². The summed E-state index contributed by atoms with van der Waals surface area (Å²) in [5, 5.41) is 2.77. The Labute approximate surface area is 184 Å². The van der Waals surface area contributed by atoms with Crippen molar-refractivity contribution in [3.63, 3.8) is 0 Å². The second-order valence-corrected chi connectivity index (χ2v) is 7.00. The Bertz CT molecular complexity index is 1140. The van der Waals surface area contributed by atoms with Crippen molar-refractivity contribution in [2.45, 2.75) is 19.4 Å². The van der Waals surface area contributed by atoms with Gasteiger partial charge in [0.05, 0.1) is 18.7 Å². The Morgan fingerprint density at radius 3 is 2.41 bits per heavy atom. The Balaban J connectivity index is 1.91. The molecule has 0 saturated carbocycles. The van der Waals surface area contributed by atoms with E-state index in [1.54, 1.807) is 18.2 Å². The van der Waals surface area contributed by atoms with Crippen molar-refractivity contribution >= 4 is 23.5 Å². The highest BCUT2D eigenvalue weighted by molar-refractivity contribution is 6.32. The predicted molar refractivity (Wildman–Crippen MR) is 109 cm³/mol. The molecular weight excluding hydrogens is 455 g/mol. The molecule has 4 nitrogen and oxygen atoms in total. The number of carbonyl (C=O) groups excluding carboxylic acids is 1. The first-order chi connectivity index (χ1) is 15.2. The van der Waals surface area contributed by atoms with Crippen LogP contribution < -0.4 is 4.74 Å². The first kappa shape index (κ1) is 23.5. The van der Waals surface area contributed by atoms with Gasteiger partial charge in [-0.15, -0.1) is 0 Å². The number of aromatic nitrogens is 2. The van der Waals surface area contributed by atoms with Crippen molar-refractivity contribution in [1.29, 1.82) is 0 Å². The second kappa shape index (κ2) is 9.95. The summed E-state index contributed by atoms with van der Waals surface area (Å²) in [6, 6.07) is 9.71. The van der Waals surface area contributed by atoms with E-state index >= 15 is 0 Å². The fraction of sp³-hybridized carbons (Fsp3) is 0.182. The molecule has 3 aromatic rings. The van der Waals surface area contributed by atoms with Crippen molar-refractivity contribution in [3.05, 3.63) is 87.5 Å². The summed E-state index contributed by atoms with van der Waals surface area (Å²) in [4.78, 5) is 12.2. The summed E-state index contributed by atoms with van der Waals surface area (Å²) in [7, 11) is 1.36. The number of hydrogen-bond acceptors (Lipinski definition) is 3. The fourth-order valence-electron chi connectivity index (χ4n) is 3.01. The van der Waals surface area contributed by atoms with Gasteiger partial charge in [-0.25, -0.2) is 22.0 Å². The third-order valence-electron chi connectivity index (χ3n) is 4.55. The van der Waals surface area contributed by atoms with Gasteiger partial charge in [0.25, 0.3) is 12.9 Å². The average Bonchev–Trinajstić information content (AvgIpc) is 3.09. The highest BCUT2D eigenvalue weighted by Crippen LogP contribution is 2.35. The molecule has 32 heavy (non-hydrogen) atoms. The zero-order valence-corrected chi connectivity index (χ0v) is 17.3. The van der Waals surface area contributed by atoms with Gasteiger partial charge in [-0.1, -0.05) is 23.7 Å². The van der Waals surface area contributed by atoms with Crippen LogP contribution >= 0.6 is 11.6 Å². The van der Waals surface area contributed by atoms with E-state index in [2.05, 4.69) is 5.10 Å². The van der Waals surface area contributed by atoms with E-state index < -0.39 is 35.1 Å². The third kappa shape index (κ3) is 5.16. The van der Waals surface area contributed by atoms with Crippen molar-refractivity contribution < 1.29 is 31.5 Å². The minimum Gasteiger partial charge on any atom is -0.496 e. The fourth-order valence-corrected chi connectivity index (χ4v) is 3.31. The normalized spacial score (nSPS) is 11.7. The average molecular weight is 471 g/mol. The summed E-state index contributed by atoms with van der Waals surface area (Å²) in [5.74, 6) is -0.539. The van der Waals surface area contributed by atoms with Crippen molar-refractivity contribution in [3.8, 4) is 5.75 Å². The maximum absolute atomic E-state index is 13.4. The Hall–Kier alpha value is -3.20. The van der Waals surface area contributed by atoms with Crippen LogP contribution in [-0.4, -0.2) is 22.7 Å². The molecular formula is C22H16ClF5N2O2. The van der Waals surface area contributed by atoms with Gasteiger partial charge in [0.15, 0.2) is 5.78 Å². The molecule has 3 rings (SSSR count). The number of nitrogens with zero attached hydrogens (tertiary/aromatic N) is 2. The molecule has 0 fully saturated rings. The molecule has 0 unspecified atom stereocenters. The van der Waals surface area contributed by atoms with Crippen LogP contribution in [0.5, 0.6) is 5.75 Å². The number of benzene rings is 2. The highest BCUT2D eigenvalue weighted by atomic mass is 35.5. The standard InChI is InChI=1S/C22H16ClF5N2O2/c1-32-17-9-3-12(2-8-16(31)13-4-6-15(24)7-5-13)10-14(17)11-30-20(22(27)28)18(23)19(29-30)21(25)26/h2-10,21-22H,11H2,1H3/b8-2+. The predicted octanol–water partition coefficient (Wildman–Crippen LogP) is 6.50. The minimum atomic E-state index is -3.12. The SMILES string of the molecule is COc1ccc(/C=C/C(=O)c2ccc(F)cc2)cc1Cn1nc(C(F)F)c(Cl)c1C(F)F. The maximum atomic E-state index is 13.4. The molecule has 0 amide bonds. The molecule has 0 aliphatic carbocycles. The molecule has 10 heteroatoms. The molecule has 0 radical (unpaired) electrons. The number of alkyl halides is 4. The van der Waals surface area contributed by atoms with Gasteiger partial charge in [-0.05, 0) is 48.0 Å². The van der Waals surface area contributed by atoms with Crippen LogP contribution in [0.15, 0.2) is 48.5 Å². The Morgan fingerprint density at radius 1 is 1.12 bits per heavy atom. The van der Waals surface area contributed by atoms with Gasteiger partial charge in [0, 0.05) is 11.1 Å². The van der Waals surface area contributed by atoms with E-state index in [-0.39, 0.29) is 17.9 Å². The topological polar surface area (TPSA) is 44.1 Å². The van der Waals surface area contributed by atoms with Crippen molar-refractivity contribution in [1.82, 2.24) is 9.78 Å². The molecule has 0 aliphatic rings. The lowest BCUT2D eigenvalue weighted by molar-refractivity contribution is 0.104. The molecule has 0 aliphatic heterocycles. The molecule has 2 aromatic carbocycles. The molecule has 1 heterocycles. The second-order valence-electron chi connectivity index (χ2n) is 6.62. The highest BCUT2D eigenvalue weighted by Gasteiger charge is 2.28. The number of ether oxygens (including phenoxy) is 1. The first-order valence-corrected chi connectivity index (χ1v) is 9.56. The van der Waals surface area contributed by atoms with Gasteiger partial charge in [0.2, 0.25) is 0 Å². The van der Waals surface area contributed by atoms with E-state index in [0.717, 1.165) is 12.1 Å². The number of rotatable bonds is 8. The summed E-state index contributed by atoms with van der Waals surface area (Å²) in [5.41, 5.74) is -0.602. The third-order valence-corrected chi connectivity index (χ3v) is 4.94. The summed E-state index contributed by atoms with van der Waals surface area (Å²) >= 11 is 5.70. The molecule has 168 valence electrons. The molecule has 0 saturated heterocycles. The van der Waals surface area contributed by atoms with Crippen LogP contribution in [0.25, 0.3) is 6.08 Å². The van der Waals surface area contributed by atoms with Gasteiger partial charge in [-0.3, -0.25) is 9.48 Å². The van der Waals surface area contributed by atoms with Gasteiger partial charge in [-0.2, -0.15) is 5.10 Å². The largest absolute Gasteiger partial charge is 0.496 e. The van der Waals surface area contributed by atoms with Crippen LogP contribution in [0.4, 0.5) is 22.0 Å². The molecule has 0 atom stereocenters. The maximum Gasteiger partial charge on any atom is 0.283 e. The van der Waals surface area contributed by atoms with Crippen LogP contribution in [0.3, 0.4) is 0 Å². The monoisotopic (exact) mass is 470 g/mol. The van der Waals surface area contributed by atoms with Crippen LogP contribution in [-0.2, 0) is 6.54 Å². The van der Waals surface area contributed by atoms with Gasteiger partial charge in [0.1, 0.15) is 23.0 Å². The Morgan fingerprint density at radius 2 is 1.81 bits per heavy atom. The van der Waals surface area contributed by atoms with Crippen molar-refractivity contribution in [2.75, 3.05) is 7.11 Å². The van der Waals surface area contributed by atoms with E-state index in [4.69, 9.17) is 16.3 Å². The van der Waals surface area contributed by atoms with Crippen LogP contribution in [0, 0.1) is 5.82 Å². The lowest BCUT2D eigenvalue weighted by Gasteiger charge is -2.12. The smallest absolute Gasteiger partial charge is 0.283 e. The van der Waals surface area contributed by atoms with Crippen LogP contribution in [0.1, 0.15) is 45.7 Å². The summed E-state index contributed by atoms with van der Waals surface area (Å²) in [6.07, 6.45) is -3.49. The number of methoxy groups -OCH3 is 1. The van der Waals surface area contributed by atoms with Crippen molar-refractivity contribution in [2.24, 2.45) is 0 Å². The minimum absolute atomic E-state index is 0.281. The summed E-state index contributed by atoms with van der Waals surface area (Å²) < 4.78 is 72.0. The van der Waals surface area contributed by atoms with Gasteiger partial charge >= 0.3 is 0 Å². The van der Waals surface area contributed by atoms with E-state index in [1.165, 1.54) is 31.4 Å². The van der Waals surface area contributed by atoms with E-state index in [0.29, 0.717) is 21.6 Å². The summed E-state index contributed by atoms with van der Waals surface area (Å²) in [6.45, 7) is -0.317. The zero-order valence-electron chi connectivity index (χ0n) is 16.5.